The van der Waals surface area contributed by atoms with Crippen LogP contribution in [0.15, 0.2) is 18.3 Å². The Morgan fingerprint density at radius 1 is 1.40 bits per heavy atom. The van der Waals surface area contributed by atoms with Crippen molar-refractivity contribution in [3.05, 3.63) is 29.6 Å². The van der Waals surface area contributed by atoms with Crippen molar-refractivity contribution in [2.45, 2.75) is 45.7 Å². The number of pyridine rings is 1. The lowest BCUT2D eigenvalue weighted by molar-refractivity contribution is 0.0702. The lowest BCUT2D eigenvalue weighted by Gasteiger charge is -2.26. The summed E-state index contributed by atoms with van der Waals surface area (Å²) in [5.41, 5.74) is 0.525. The van der Waals surface area contributed by atoms with Gasteiger partial charge in [-0.25, -0.2) is 8.42 Å². The standard InChI is InChI=1S/C17H25N3O4S/c1-4-12(3)19-16(21)13-6-8-18-15(10-13)17(22)20(5-2)14-7-9-25(23,24)11-14/h6,8,10,12,14H,4-5,7,9,11H2,1-3H3,(H,19,21). The highest BCUT2D eigenvalue weighted by Gasteiger charge is 2.34. The molecule has 138 valence electrons. The van der Waals surface area contributed by atoms with Gasteiger partial charge in [0.15, 0.2) is 9.84 Å². The van der Waals surface area contributed by atoms with Crippen molar-refractivity contribution in [1.82, 2.24) is 15.2 Å². The van der Waals surface area contributed by atoms with E-state index in [9.17, 15) is 18.0 Å². The van der Waals surface area contributed by atoms with Gasteiger partial charge in [0.25, 0.3) is 11.8 Å². The summed E-state index contributed by atoms with van der Waals surface area (Å²) in [5.74, 6) is -0.507. The maximum atomic E-state index is 12.8. The second-order valence-electron chi connectivity index (χ2n) is 6.36. The van der Waals surface area contributed by atoms with Gasteiger partial charge in [-0.2, -0.15) is 0 Å². The van der Waals surface area contributed by atoms with E-state index in [2.05, 4.69) is 10.3 Å². The van der Waals surface area contributed by atoms with Crippen molar-refractivity contribution in [3.63, 3.8) is 0 Å². The Labute approximate surface area is 148 Å². The monoisotopic (exact) mass is 367 g/mol. The number of rotatable bonds is 6. The Balaban J connectivity index is 2.18. The molecule has 1 saturated heterocycles. The first-order valence-electron chi connectivity index (χ1n) is 8.55. The second-order valence-corrected chi connectivity index (χ2v) is 8.59. The Morgan fingerprint density at radius 2 is 2.12 bits per heavy atom. The highest BCUT2D eigenvalue weighted by molar-refractivity contribution is 7.91. The number of aromatic nitrogens is 1. The summed E-state index contributed by atoms with van der Waals surface area (Å²) >= 11 is 0. The number of nitrogens with one attached hydrogen (secondary N) is 1. The predicted octanol–water partition coefficient (Wildman–Crippen LogP) is 1.26. The summed E-state index contributed by atoms with van der Waals surface area (Å²) in [7, 11) is -3.08. The van der Waals surface area contributed by atoms with E-state index in [-0.39, 0.29) is 41.1 Å². The quantitative estimate of drug-likeness (QED) is 0.816. The van der Waals surface area contributed by atoms with Crippen molar-refractivity contribution >= 4 is 21.7 Å². The topological polar surface area (TPSA) is 96.4 Å². The van der Waals surface area contributed by atoms with Crippen LogP contribution in [0, 0.1) is 0 Å². The first-order chi connectivity index (χ1) is 11.8. The Kier molecular flexibility index (Phi) is 6.16. The summed E-state index contributed by atoms with van der Waals surface area (Å²) < 4.78 is 23.4. The molecule has 1 fully saturated rings. The van der Waals surface area contributed by atoms with E-state index in [4.69, 9.17) is 0 Å². The van der Waals surface area contributed by atoms with Crippen molar-refractivity contribution in [1.29, 1.82) is 0 Å². The Morgan fingerprint density at radius 3 is 2.68 bits per heavy atom. The molecule has 8 heteroatoms. The molecule has 1 N–H and O–H groups in total. The van der Waals surface area contributed by atoms with Gasteiger partial charge in [-0.15, -0.1) is 0 Å². The first-order valence-corrected chi connectivity index (χ1v) is 10.4. The summed E-state index contributed by atoms with van der Waals surface area (Å²) in [4.78, 5) is 30.6. The van der Waals surface area contributed by atoms with Gasteiger partial charge < -0.3 is 10.2 Å². The van der Waals surface area contributed by atoms with Crippen molar-refractivity contribution in [3.8, 4) is 0 Å². The molecule has 2 amide bonds. The average molecular weight is 367 g/mol. The third kappa shape index (κ3) is 4.78. The number of carbonyl (C=O) groups is 2. The van der Waals surface area contributed by atoms with E-state index in [0.29, 0.717) is 18.5 Å². The molecule has 7 nitrogen and oxygen atoms in total. The molecular formula is C17H25N3O4S. The molecule has 2 unspecified atom stereocenters. The van der Waals surface area contributed by atoms with Crippen LogP contribution in [0.25, 0.3) is 0 Å². The summed E-state index contributed by atoms with van der Waals surface area (Å²) in [6, 6.07) is 2.73. The number of amides is 2. The molecule has 1 aliphatic rings. The minimum Gasteiger partial charge on any atom is -0.350 e. The normalized spacial score (nSPS) is 20.0. The number of carbonyl (C=O) groups excluding carboxylic acids is 2. The fourth-order valence-electron chi connectivity index (χ4n) is 2.83. The van der Waals surface area contributed by atoms with Gasteiger partial charge in [0.1, 0.15) is 5.69 Å². The Bertz CT molecular complexity index is 748. The van der Waals surface area contributed by atoms with Gasteiger partial charge in [0.05, 0.1) is 11.5 Å². The first kappa shape index (κ1) is 19.4. The molecule has 1 aromatic heterocycles. The van der Waals surface area contributed by atoms with E-state index in [0.717, 1.165) is 6.42 Å². The third-order valence-corrected chi connectivity index (χ3v) is 6.23. The summed E-state index contributed by atoms with van der Waals surface area (Å²) in [6.07, 6.45) is 2.68. The second kappa shape index (κ2) is 7.95. The number of sulfone groups is 1. The van der Waals surface area contributed by atoms with Crippen LogP contribution in [0.3, 0.4) is 0 Å². The predicted molar refractivity (Wildman–Crippen MR) is 95.2 cm³/mol. The molecule has 25 heavy (non-hydrogen) atoms. The molecule has 0 aliphatic carbocycles. The minimum absolute atomic E-state index is 0.0131. The largest absolute Gasteiger partial charge is 0.350 e. The van der Waals surface area contributed by atoms with Crippen LogP contribution in [0.2, 0.25) is 0 Å². The number of hydrogen-bond donors (Lipinski definition) is 1. The maximum Gasteiger partial charge on any atom is 0.272 e. The van der Waals surface area contributed by atoms with Gasteiger partial charge in [0.2, 0.25) is 0 Å². The minimum atomic E-state index is -3.08. The van der Waals surface area contributed by atoms with Gasteiger partial charge in [0, 0.05) is 30.4 Å². The van der Waals surface area contributed by atoms with E-state index >= 15 is 0 Å². The average Bonchev–Trinajstić information content (AvgIpc) is 2.95. The molecule has 2 heterocycles. The molecule has 0 spiro atoms. The van der Waals surface area contributed by atoms with E-state index in [1.807, 2.05) is 20.8 Å². The van der Waals surface area contributed by atoms with Crippen LogP contribution >= 0.6 is 0 Å². The smallest absolute Gasteiger partial charge is 0.272 e. The van der Waals surface area contributed by atoms with E-state index in [1.54, 1.807) is 6.07 Å². The van der Waals surface area contributed by atoms with Gasteiger partial charge >= 0.3 is 0 Å². The number of hydrogen-bond acceptors (Lipinski definition) is 5. The fraction of sp³-hybridized carbons (Fsp3) is 0.588. The zero-order chi connectivity index (χ0) is 18.6. The number of nitrogens with zero attached hydrogens (tertiary/aromatic N) is 2. The maximum absolute atomic E-state index is 12.8. The van der Waals surface area contributed by atoms with Crippen LogP contribution in [-0.2, 0) is 9.84 Å². The zero-order valence-corrected chi connectivity index (χ0v) is 15.7. The molecule has 1 aromatic rings. The van der Waals surface area contributed by atoms with E-state index in [1.165, 1.54) is 17.2 Å². The molecule has 2 atom stereocenters. The van der Waals surface area contributed by atoms with Gasteiger partial charge in [-0.3, -0.25) is 14.6 Å². The lowest BCUT2D eigenvalue weighted by Crippen LogP contribution is -2.41. The van der Waals surface area contributed by atoms with Gasteiger partial charge in [-0.05, 0) is 38.8 Å². The highest BCUT2D eigenvalue weighted by Crippen LogP contribution is 2.19. The molecule has 0 aromatic carbocycles. The Hall–Kier alpha value is -1.96. The molecular weight excluding hydrogens is 342 g/mol. The third-order valence-electron chi connectivity index (χ3n) is 4.48. The van der Waals surface area contributed by atoms with Crippen LogP contribution in [-0.4, -0.2) is 60.3 Å². The van der Waals surface area contributed by atoms with Crippen LogP contribution < -0.4 is 5.32 Å². The summed E-state index contributed by atoms with van der Waals surface area (Å²) in [5, 5.41) is 2.85. The van der Waals surface area contributed by atoms with Crippen LogP contribution in [0.4, 0.5) is 0 Å². The highest BCUT2D eigenvalue weighted by atomic mass is 32.2. The van der Waals surface area contributed by atoms with Crippen molar-refractivity contribution in [2.24, 2.45) is 0 Å². The summed E-state index contributed by atoms with van der Waals surface area (Å²) in [6.45, 7) is 6.08. The molecule has 0 radical (unpaired) electrons. The molecule has 0 saturated carbocycles. The molecule has 1 aliphatic heterocycles. The van der Waals surface area contributed by atoms with Crippen molar-refractivity contribution < 1.29 is 18.0 Å². The van der Waals surface area contributed by atoms with E-state index < -0.39 is 9.84 Å². The van der Waals surface area contributed by atoms with Crippen LogP contribution in [0.5, 0.6) is 0 Å². The molecule has 2 rings (SSSR count). The van der Waals surface area contributed by atoms with Crippen molar-refractivity contribution in [2.75, 3.05) is 18.1 Å². The van der Waals surface area contributed by atoms with Gasteiger partial charge in [-0.1, -0.05) is 6.92 Å². The fourth-order valence-corrected chi connectivity index (χ4v) is 4.56. The SMILES string of the molecule is CCC(C)NC(=O)c1ccnc(C(=O)N(CC)C2CCS(=O)(=O)C2)c1. The zero-order valence-electron chi connectivity index (χ0n) is 14.9. The molecule has 0 bridgehead atoms. The van der Waals surface area contributed by atoms with Crippen LogP contribution in [0.1, 0.15) is 54.5 Å². The lowest BCUT2D eigenvalue weighted by atomic mass is 10.1.